The molecule has 1 saturated heterocycles. The predicted octanol–water partition coefficient (Wildman–Crippen LogP) is 3.07. The van der Waals surface area contributed by atoms with Gasteiger partial charge in [-0.15, -0.1) is 0 Å². The van der Waals surface area contributed by atoms with Crippen molar-refractivity contribution in [1.29, 1.82) is 0 Å². The van der Waals surface area contributed by atoms with Crippen molar-refractivity contribution in [2.45, 2.75) is 32.1 Å². The smallest absolute Gasteiger partial charge is 0.233 e. The fraction of sp³-hybridized carbons (Fsp3) is 0.471. The largest absolute Gasteiger partial charge is 0.326 e. The maximum absolute atomic E-state index is 13.5. The lowest BCUT2D eigenvalue weighted by molar-refractivity contribution is -0.140. The van der Waals surface area contributed by atoms with E-state index in [2.05, 4.69) is 5.32 Å². The third-order valence-corrected chi connectivity index (χ3v) is 5.79. The van der Waals surface area contributed by atoms with Gasteiger partial charge in [0.05, 0.1) is 15.4 Å². The van der Waals surface area contributed by atoms with Gasteiger partial charge in [0.2, 0.25) is 17.7 Å². The molecule has 1 N–H and O–H groups in total. The molecule has 1 aromatic rings. The molecule has 1 aromatic carbocycles. The average molecular weight is 462 g/mol. The van der Waals surface area contributed by atoms with E-state index < -0.39 is 17.5 Å². The van der Waals surface area contributed by atoms with Crippen LogP contribution in [0.25, 0.3) is 0 Å². The molecular formula is C17H17F2IN2O3. The van der Waals surface area contributed by atoms with Crippen molar-refractivity contribution in [2.24, 2.45) is 11.8 Å². The average Bonchev–Trinajstić information content (AvgIpc) is 2.82. The molecule has 1 aliphatic carbocycles. The van der Waals surface area contributed by atoms with Crippen LogP contribution in [0, 0.1) is 27.0 Å². The van der Waals surface area contributed by atoms with Crippen LogP contribution < -0.4 is 5.32 Å². The quantitative estimate of drug-likeness (QED) is 0.425. The second-order valence-electron chi connectivity index (χ2n) is 6.38. The molecule has 1 saturated carbocycles. The number of hydrogen-bond donors (Lipinski definition) is 1. The fourth-order valence-electron chi connectivity index (χ4n) is 3.52. The zero-order valence-corrected chi connectivity index (χ0v) is 15.5. The lowest BCUT2D eigenvalue weighted by Crippen LogP contribution is -2.34. The van der Waals surface area contributed by atoms with E-state index in [0.29, 0.717) is 0 Å². The van der Waals surface area contributed by atoms with Crippen LogP contribution in [0.15, 0.2) is 12.1 Å². The third kappa shape index (κ3) is 3.68. The second kappa shape index (κ2) is 7.35. The Hall–Kier alpha value is -1.58. The van der Waals surface area contributed by atoms with Gasteiger partial charge in [0, 0.05) is 18.7 Å². The first-order valence-electron chi connectivity index (χ1n) is 8.18. The third-order valence-electron chi connectivity index (χ3n) is 4.76. The van der Waals surface area contributed by atoms with Gasteiger partial charge in [0.15, 0.2) is 0 Å². The topological polar surface area (TPSA) is 66.5 Å². The van der Waals surface area contributed by atoms with Crippen LogP contribution in [0.1, 0.15) is 32.1 Å². The molecule has 1 aliphatic heterocycles. The summed E-state index contributed by atoms with van der Waals surface area (Å²) in [5.74, 6) is -2.92. The Balaban J connectivity index is 1.59. The highest BCUT2D eigenvalue weighted by molar-refractivity contribution is 14.1. The number of carbonyl (C=O) groups excluding carboxylic acids is 3. The number of amides is 3. The number of halogens is 3. The van der Waals surface area contributed by atoms with E-state index in [-0.39, 0.29) is 45.9 Å². The molecule has 0 bridgehead atoms. The lowest BCUT2D eigenvalue weighted by Gasteiger charge is -2.19. The molecule has 8 heteroatoms. The molecule has 134 valence electrons. The molecule has 0 spiro atoms. The molecule has 2 aliphatic rings. The van der Waals surface area contributed by atoms with Gasteiger partial charge in [-0.05, 0) is 47.6 Å². The van der Waals surface area contributed by atoms with Gasteiger partial charge in [0.1, 0.15) is 11.6 Å². The molecule has 5 nitrogen and oxygen atoms in total. The van der Waals surface area contributed by atoms with Gasteiger partial charge >= 0.3 is 0 Å². The van der Waals surface area contributed by atoms with Crippen LogP contribution in [0.5, 0.6) is 0 Å². The van der Waals surface area contributed by atoms with Gasteiger partial charge in [-0.25, -0.2) is 8.78 Å². The summed E-state index contributed by atoms with van der Waals surface area (Å²) >= 11 is 1.54. The summed E-state index contributed by atoms with van der Waals surface area (Å²) in [5.41, 5.74) is 0.00756. The molecule has 0 aromatic heterocycles. The Labute approximate surface area is 157 Å². The van der Waals surface area contributed by atoms with E-state index in [0.717, 1.165) is 42.7 Å². The highest BCUT2D eigenvalue weighted by Gasteiger charge is 2.47. The van der Waals surface area contributed by atoms with E-state index in [4.69, 9.17) is 0 Å². The summed E-state index contributed by atoms with van der Waals surface area (Å²) in [6.45, 7) is -0.00810. The van der Waals surface area contributed by atoms with Crippen LogP contribution in [0.3, 0.4) is 0 Å². The summed E-state index contributed by atoms with van der Waals surface area (Å²) in [5, 5.41) is 2.40. The summed E-state index contributed by atoms with van der Waals surface area (Å²) in [4.78, 5) is 37.8. The first kappa shape index (κ1) is 18.2. The monoisotopic (exact) mass is 462 g/mol. The number of carbonyl (C=O) groups is 3. The first-order chi connectivity index (χ1) is 11.9. The Morgan fingerprint density at radius 1 is 1.12 bits per heavy atom. The highest BCUT2D eigenvalue weighted by atomic mass is 127. The Morgan fingerprint density at radius 2 is 1.64 bits per heavy atom. The number of rotatable bonds is 4. The standard InChI is InChI=1S/C17H17F2IN2O3/c18-12-7-9(8-13(19)15(12)20)21-14(23)5-6-22-16(24)10-3-1-2-4-11(10)17(22)25/h7-8,10-11H,1-6H2,(H,21,23). The maximum Gasteiger partial charge on any atom is 0.233 e. The molecule has 3 amide bonds. The Kier molecular flexibility index (Phi) is 5.35. The predicted molar refractivity (Wildman–Crippen MR) is 94.5 cm³/mol. The molecule has 0 radical (unpaired) electrons. The summed E-state index contributed by atoms with van der Waals surface area (Å²) < 4.78 is 26.8. The zero-order valence-electron chi connectivity index (χ0n) is 13.4. The maximum atomic E-state index is 13.5. The minimum absolute atomic E-state index is 0.00756. The van der Waals surface area contributed by atoms with Crippen molar-refractivity contribution in [3.05, 3.63) is 27.3 Å². The minimum atomic E-state index is -0.759. The minimum Gasteiger partial charge on any atom is -0.326 e. The molecule has 2 fully saturated rings. The molecule has 25 heavy (non-hydrogen) atoms. The van der Waals surface area contributed by atoms with Crippen LogP contribution in [-0.4, -0.2) is 29.2 Å². The van der Waals surface area contributed by atoms with Crippen LogP contribution in [0.2, 0.25) is 0 Å². The highest BCUT2D eigenvalue weighted by Crippen LogP contribution is 2.38. The number of anilines is 1. The van der Waals surface area contributed by atoms with Crippen molar-refractivity contribution in [2.75, 3.05) is 11.9 Å². The van der Waals surface area contributed by atoms with Crippen molar-refractivity contribution in [1.82, 2.24) is 4.90 Å². The van der Waals surface area contributed by atoms with Crippen molar-refractivity contribution in [3.8, 4) is 0 Å². The van der Waals surface area contributed by atoms with Gasteiger partial charge in [-0.1, -0.05) is 12.8 Å². The van der Waals surface area contributed by atoms with Crippen LogP contribution >= 0.6 is 22.6 Å². The number of nitrogens with one attached hydrogen (secondary N) is 1. The van der Waals surface area contributed by atoms with E-state index >= 15 is 0 Å². The van der Waals surface area contributed by atoms with E-state index in [1.165, 1.54) is 22.6 Å². The summed E-state index contributed by atoms with van der Waals surface area (Å²) in [7, 11) is 0. The van der Waals surface area contributed by atoms with Crippen LogP contribution in [-0.2, 0) is 14.4 Å². The summed E-state index contributed by atoms with van der Waals surface area (Å²) in [6, 6.07) is 2.06. The molecular weight excluding hydrogens is 445 g/mol. The van der Waals surface area contributed by atoms with Gasteiger partial charge < -0.3 is 5.32 Å². The number of likely N-dealkylation sites (tertiary alicyclic amines) is 1. The first-order valence-corrected chi connectivity index (χ1v) is 9.26. The fourth-order valence-corrected chi connectivity index (χ4v) is 3.83. The molecule has 1 heterocycles. The number of imide groups is 1. The van der Waals surface area contributed by atoms with Gasteiger partial charge in [-0.3, -0.25) is 19.3 Å². The van der Waals surface area contributed by atoms with E-state index in [1.54, 1.807) is 0 Å². The van der Waals surface area contributed by atoms with Crippen LogP contribution in [0.4, 0.5) is 14.5 Å². The SMILES string of the molecule is O=C(CCN1C(=O)C2CCCCC2C1=O)Nc1cc(F)c(I)c(F)c1. The summed E-state index contributed by atoms with van der Waals surface area (Å²) in [6.07, 6.45) is 3.22. The number of fused-ring (bicyclic) bond motifs is 1. The number of nitrogens with zero attached hydrogens (tertiary/aromatic N) is 1. The lowest BCUT2D eigenvalue weighted by atomic mass is 9.81. The van der Waals surface area contributed by atoms with Crippen molar-refractivity contribution >= 4 is 46.0 Å². The van der Waals surface area contributed by atoms with Crippen molar-refractivity contribution in [3.63, 3.8) is 0 Å². The second-order valence-corrected chi connectivity index (χ2v) is 7.46. The number of benzene rings is 1. The van der Waals surface area contributed by atoms with E-state index in [9.17, 15) is 23.2 Å². The van der Waals surface area contributed by atoms with Gasteiger partial charge in [0.25, 0.3) is 0 Å². The molecule has 2 atom stereocenters. The Bertz CT molecular complexity index is 694. The normalized spacial score (nSPS) is 22.9. The van der Waals surface area contributed by atoms with Gasteiger partial charge in [-0.2, -0.15) is 0 Å². The zero-order chi connectivity index (χ0) is 18.1. The number of hydrogen-bond acceptors (Lipinski definition) is 3. The molecule has 3 rings (SSSR count). The molecule has 2 unspecified atom stereocenters. The Morgan fingerprint density at radius 3 is 2.16 bits per heavy atom. The van der Waals surface area contributed by atoms with Crippen molar-refractivity contribution < 1.29 is 23.2 Å². The van der Waals surface area contributed by atoms with E-state index in [1.807, 2.05) is 0 Å².